The summed E-state index contributed by atoms with van der Waals surface area (Å²) < 4.78 is 4.48. The zero-order valence-electron chi connectivity index (χ0n) is 13.8. The van der Waals surface area contributed by atoms with E-state index < -0.39 is 20.5 Å². The second-order valence-corrected chi connectivity index (χ2v) is 4.28. The molecule has 15 N–H and O–H groups in total. The maximum atomic E-state index is 5.53. The monoisotopic (exact) mass is 652 g/mol. The highest BCUT2D eigenvalue weighted by atomic mass is 127. The van der Waals surface area contributed by atoms with Gasteiger partial charge in [-0.15, -0.1) is 10.9 Å². The molecule has 24 nitrogen and oxygen atoms in total. The fourth-order valence-corrected chi connectivity index (χ4v) is 1.21. The van der Waals surface area contributed by atoms with Crippen LogP contribution in [0.15, 0.2) is 5.10 Å². The highest BCUT2D eigenvalue weighted by Gasteiger charge is 2.58. The van der Waals surface area contributed by atoms with E-state index in [9.17, 15) is 0 Å². The molecule has 1 saturated heterocycles. The van der Waals surface area contributed by atoms with Gasteiger partial charge >= 0.3 is 0 Å². The summed E-state index contributed by atoms with van der Waals surface area (Å²) in [5.41, 5.74) is 0. The number of hydrogen-bond donors (Lipinski definition) is 8. The summed E-state index contributed by atoms with van der Waals surface area (Å²) in [6.45, 7) is 3.08. The van der Waals surface area contributed by atoms with Crippen molar-refractivity contribution in [3.8, 4) is 0 Å². The fraction of sp³-hybridized carbons (Fsp3) is 0.500. The van der Waals surface area contributed by atoms with Crippen LogP contribution in [-0.2, 0) is 42.6 Å². The quantitative estimate of drug-likeness (QED) is 0.0377. The number of quaternary nitrogens is 4. The Kier molecular flexibility index (Phi) is 11.5. The molecule has 0 saturated carbocycles. The van der Waals surface area contributed by atoms with Gasteiger partial charge < -0.3 is 24.0 Å². The number of nitrogens with one attached hydrogen (secondary N) is 1. The van der Waals surface area contributed by atoms with E-state index in [1.165, 1.54) is 23.0 Å². The Morgan fingerprint density at radius 2 is 1.61 bits per heavy atom. The third-order valence-corrected chi connectivity index (χ3v) is 2.21. The summed E-state index contributed by atoms with van der Waals surface area (Å²) >= 11 is 1.35. The molecule has 1 atom stereocenters. The minimum absolute atomic E-state index is 0. The molecule has 28 heavy (non-hydrogen) atoms. The van der Waals surface area contributed by atoms with Gasteiger partial charge in [-0.3, -0.25) is 0 Å². The maximum absolute atomic E-state index is 5.53. The minimum Gasteiger partial charge on any atom is -1.00 e. The Morgan fingerprint density at radius 1 is 1.14 bits per heavy atom. The Labute approximate surface area is 185 Å². The van der Waals surface area contributed by atoms with Crippen molar-refractivity contribution in [1.29, 1.82) is 0 Å². The van der Waals surface area contributed by atoms with Gasteiger partial charge in [0.15, 0.2) is 33.0 Å². The van der Waals surface area contributed by atoms with Crippen LogP contribution in [0.3, 0.4) is 0 Å². The molecule has 0 aliphatic carbocycles. The molecular weight excluding hydrogens is 632 g/mol. The van der Waals surface area contributed by atoms with Crippen molar-refractivity contribution in [1.82, 2.24) is 16.0 Å². The molecule has 1 fully saturated rings. The number of hydrazine groups is 2. The normalized spacial score (nSPS) is 28.8. The molecule has 0 aromatic rings. The third-order valence-electron chi connectivity index (χ3n) is 1.78. The molecule has 168 valence electrons. The highest BCUT2D eigenvalue weighted by molar-refractivity contribution is 14.1. The number of hydrogen-bond acceptors (Lipinski definition) is 20. The first kappa shape index (κ1) is 28.1. The molecule has 0 spiro atoms. The smallest absolute Gasteiger partial charge is 0.280 e. The molecule has 0 radical (unpaired) electrons. The van der Waals surface area contributed by atoms with Crippen LogP contribution < -0.4 is 70.2 Å². The zero-order valence-corrected chi connectivity index (χ0v) is 18.1. The van der Waals surface area contributed by atoms with Crippen LogP contribution in [0.2, 0.25) is 0 Å². The maximum Gasteiger partial charge on any atom is 0.280 e. The average molecular weight is 652 g/mol. The van der Waals surface area contributed by atoms with Crippen molar-refractivity contribution in [2.24, 2.45) is 46.0 Å². The summed E-state index contributed by atoms with van der Waals surface area (Å²) in [5, 5.41) is -3.26. The van der Waals surface area contributed by atoms with Crippen LogP contribution in [-0.4, -0.2) is 45.0 Å². The number of nitrogens with two attached hydrogens (primary N) is 7. The van der Waals surface area contributed by atoms with Crippen molar-refractivity contribution in [3.63, 3.8) is 0 Å². The first-order chi connectivity index (χ1) is 12.4. The first-order valence-corrected chi connectivity index (χ1v) is 6.76. The van der Waals surface area contributed by atoms with Crippen molar-refractivity contribution < 1.29 is 87.1 Å². The third kappa shape index (κ3) is 9.24. The lowest BCUT2D eigenvalue weighted by Crippen LogP contribution is -3.17. The topological polar surface area (TPSA) is 292 Å². The van der Waals surface area contributed by atoms with Crippen molar-refractivity contribution in [3.05, 3.63) is 0 Å². The molecule has 0 aromatic heterocycles. The molecule has 1 aliphatic heterocycles. The van der Waals surface area contributed by atoms with Gasteiger partial charge in [0.2, 0.25) is 0 Å². The van der Waals surface area contributed by atoms with E-state index in [1.807, 2.05) is 0 Å². The first-order valence-electron chi connectivity index (χ1n) is 5.88. The predicted molar refractivity (Wildman–Crippen MR) is 75.8 cm³/mol. The second kappa shape index (κ2) is 11.4. The molecular formula is C2H20I2N15O9+3. The van der Waals surface area contributed by atoms with Crippen molar-refractivity contribution >= 4 is 29.7 Å². The summed E-state index contributed by atoms with van der Waals surface area (Å²) in [6, 6.07) is 0. The van der Waals surface area contributed by atoms with E-state index in [0.29, 0.717) is 5.34 Å². The van der Waals surface area contributed by atoms with Crippen LogP contribution in [0.1, 0.15) is 0 Å². The van der Waals surface area contributed by atoms with E-state index in [0.717, 1.165) is 7.11 Å². The molecule has 1 heterocycles. The number of halogens is 2. The highest BCUT2D eigenvalue weighted by Crippen LogP contribution is 2.17. The summed E-state index contributed by atoms with van der Waals surface area (Å²) in [5.74, 6) is 37.7. The number of nitrogens with zero attached hydrogens (tertiary/aromatic N) is 7. The predicted octanol–water partition coefficient (Wildman–Crippen LogP) is -10.3. The van der Waals surface area contributed by atoms with Gasteiger partial charge in [0, 0.05) is 31.8 Å². The van der Waals surface area contributed by atoms with Gasteiger partial charge in [-0.1, -0.05) is 26.5 Å². The Morgan fingerprint density at radius 3 is 2.00 bits per heavy atom. The summed E-state index contributed by atoms with van der Waals surface area (Å²) in [7, 11) is 1.12. The molecule has 1 rings (SSSR count). The SMILES string of the molecule is C=NN(OC)O[N+](N)(N)O[N+]1(N)ON(N)O[N+](N)(O[NH+](N)OI)ON(N)O1.[I-]. The fourth-order valence-electron chi connectivity index (χ4n) is 1.13. The molecule has 0 aromatic carbocycles. The molecule has 26 heteroatoms. The lowest BCUT2D eigenvalue weighted by molar-refractivity contribution is -1.59. The molecule has 0 bridgehead atoms. The largest absolute Gasteiger partial charge is 1.00 e. The summed E-state index contributed by atoms with van der Waals surface area (Å²) in [6.07, 6.45) is 0. The van der Waals surface area contributed by atoms with Crippen LogP contribution in [0.4, 0.5) is 0 Å². The van der Waals surface area contributed by atoms with E-state index in [4.69, 9.17) is 45.8 Å². The summed E-state index contributed by atoms with van der Waals surface area (Å²) in [4.78, 5) is 37.3. The van der Waals surface area contributed by atoms with Crippen molar-refractivity contribution in [2.75, 3.05) is 7.11 Å². The van der Waals surface area contributed by atoms with Crippen molar-refractivity contribution in [2.45, 2.75) is 0 Å². The minimum atomic E-state index is -2.10. The second-order valence-electron chi connectivity index (χ2n) is 3.83. The Balaban J connectivity index is 0.00000729. The molecule has 0 amide bonds. The molecule has 1 unspecified atom stereocenters. The van der Waals surface area contributed by atoms with Gasteiger partial charge in [0.05, 0.1) is 17.4 Å². The van der Waals surface area contributed by atoms with Gasteiger partial charge in [0.25, 0.3) is 10.2 Å². The van der Waals surface area contributed by atoms with E-state index >= 15 is 0 Å². The zero-order chi connectivity index (χ0) is 20.9. The number of rotatable bonds is 9. The van der Waals surface area contributed by atoms with Gasteiger partial charge in [0.1, 0.15) is 15.6 Å². The van der Waals surface area contributed by atoms with Gasteiger partial charge in [-0.2, -0.15) is 0 Å². The molecule has 1 aliphatic rings. The van der Waals surface area contributed by atoms with E-state index in [2.05, 4.69) is 49.5 Å². The lowest BCUT2D eigenvalue weighted by atomic mass is 11.7. The Bertz CT molecular complexity index is 472. The van der Waals surface area contributed by atoms with E-state index in [-0.39, 0.29) is 34.6 Å². The Hall–Kier alpha value is 0.0500. The van der Waals surface area contributed by atoms with E-state index in [1.54, 1.807) is 0 Å². The van der Waals surface area contributed by atoms with Crippen LogP contribution in [0.5, 0.6) is 0 Å². The van der Waals surface area contributed by atoms with Gasteiger partial charge in [-0.25, -0.2) is 16.5 Å². The van der Waals surface area contributed by atoms with Crippen LogP contribution in [0.25, 0.3) is 0 Å². The lowest BCUT2D eigenvalue weighted by Gasteiger charge is -2.31. The number of hydrazone groups is 1. The van der Waals surface area contributed by atoms with Crippen LogP contribution in [0, 0.1) is 0 Å². The standard InChI is InChI=1S/C2H19IN15O9.HI/c1-11-15(19-2)26-16(7,8)27-18(10)24-13(5)22-17(9,21-12(4)20-3)23-14(6)25-18;/h1,4-10H2,2H3;1H/q+3;. The van der Waals surface area contributed by atoms with Crippen LogP contribution >= 0.6 is 23.0 Å². The average Bonchev–Trinajstić information content (AvgIpc) is 2.48. The van der Waals surface area contributed by atoms with Gasteiger partial charge in [-0.05, 0) is 0 Å².